The number of ether oxygens (including phenoxy) is 1. The summed E-state index contributed by atoms with van der Waals surface area (Å²) in [5, 5.41) is 5.79. The number of benzene rings is 3. The maximum absolute atomic E-state index is 13.0. The van der Waals surface area contributed by atoms with Gasteiger partial charge in [0.2, 0.25) is 0 Å². The van der Waals surface area contributed by atoms with Crippen LogP contribution in [-0.4, -0.2) is 27.3 Å². The van der Waals surface area contributed by atoms with Crippen molar-refractivity contribution in [1.82, 2.24) is 14.8 Å². The van der Waals surface area contributed by atoms with Gasteiger partial charge in [-0.25, -0.2) is 14.5 Å². The second-order valence-corrected chi connectivity index (χ2v) is 7.31. The largest absolute Gasteiger partial charge is 0.461 e. The van der Waals surface area contributed by atoms with Gasteiger partial charge in [-0.05, 0) is 24.6 Å². The SMILES string of the molecule is CCOC(=O)c1nc(-c2ccccc2)c2cn(-c3ccccc3)nc2c1-c1ccccc1. The zero-order valence-corrected chi connectivity index (χ0v) is 17.6. The molecule has 0 aliphatic heterocycles. The number of hydrogen-bond donors (Lipinski definition) is 0. The van der Waals surface area contributed by atoms with Gasteiger partial charge in [-0.1, -0.05) is 78.9 Å². The first-order valence-electron chi connectivity index (χ1n) is 10.5. The molecule has 0 spiro atoms. The molecule has 5 nitrogen and oxygen atoms in total. The Kier molecular flexibility index (Phi) is 5.22. The van der Waals surface area contributed by atoms with Crippen LogP contribution >= 0.6 is 0 Å². The molecule has 0 radical (unpaired) electrons. The lowest BCUT2D eigenvalue weighted by molar-refractivity contribution is 0.0521. The molecule has 0 aliphatic carbocycles. The summed E-state index contributed by atoms with van der Waals surface area (Å²) in [7, 11) is 0. The minimum Gasteiger partial charge on any atom is -0.461 e. The second-order valence-electron chi connectivity index (χ2n) is 7.31. The highest BCUT2D eigenvalue weighted by molar-refractivity contribution is 6.09. The van der Waals surface area contributed by atoms with Gasteiger partial charge in [-0.15, -0.1) is 0 Å². The molecule has 0 atom stereocenters. The summed E-state index contributed by atoms with van der Waals surface area (Å²) in [4.78, 5) is 17.9. The van der Waals surface area contributed by atoms with Crippen molar-refractivity contribution in [2.24, 2.45) is 0 Å². The van der Waals surface area contributed by atoms with Crippen LogP contribution in [-0.2, 0) is 4.74 Å². The van der Waals surface area contributed by atoms with Gasteiger partial charge >= 0.3 is 5.97 Å². The molecule has 5 heteroatoms. The Bertz CT molecular complexity index is 1380. The molecule has 2 heterocycles. The zero-order chi connectivity index (χ0) is 21.9. The van der Waals surface area contributed by atoms with E-state index in [1.165, 1.54) is 0 Å². The van der Waals surface area contributed by atoms with Gasteiger partial charge in [0.05, 0.1) is 18.0 Å². The molecule has 0 bridgehead atoms. The van der Waals surface area contributed by atoms with Crippen LogP contribution in [0.5, 0.6) is 0 Å². The van der Waals surface area contributed by atoms with Crippen molar-refractivity contribution >= 4 is 16.9 Å². The van der Waals surface area contributed by atoms with Crippen molar-refractivity contribution in [3.05, 3.63) is 103 Å². The van der Waals surface area contributed by atoms with E-state index in [1.54, 1.807) is 6.92 Å². The molecule has 156 valence electrons. The summed E-state index contributed by atoms with van der Waals surface area (Å²) in [5.74, 6) is -0.459. The van der Waals surface area contributed by atoms with Gasteiger partial charge in [0, 0.05) is 22.7 Å². The Balaban J connectivity index is 1.88. The van der Waals surface area contributed by atoms with Gasteiger partial charge in [0.15, 0.2) is 5.69 Å². The molecule has 0 aliphatic rings. The highest BCUT2D eigenvalue weighted by Crippen LogP contribution is 2.36. The molecule has 0 fully saturated rings. The molecule has 0 saturated heterocycles. The number of carbonyl (C=O) groups excluding carboxylic acids is 1. The number of para-hydroxylation sites is 1. The van der Waals surface area contributed by atoms with Crippen molar-refractivity contribution in [2.45, 2.75) is 6.92 Å². The Morgan fingerprint density at radius 1 is 0.844 bits per heavy atom. The van der Waals surface area contributed by atoms with Crippen LogP contribution in [0.3, 0.4) is 0 Å². The third kappa shape index (κ3) is 3.54. The van der Waals surface area contributed by atoms with E-state index in [1.807, 2.05) is 102 Å². The first-order valence-corrected chi connectivity index (χ1v) is 10.5. The van der Waals surface area contributed by atoms with Gasteiger partial charge in [0.25, 0.3) is 0 Å². The van der Waals surface area contributed by atoms with Gasteiger partial charge < -0.3 is 4.74 Å². The number of esters is 1. The Morgan fingerprint density at radius 3 is 2.06 bits per heavy atom. The van der Waals surface area contributed by atoms with E-state index >= 15 is 0 Å². The lowest BCUT2D eigenvalue weighted by Crippen LogP contribution is -2.10. The van der Waals surface area contributed by atoms with Gasteiger partial charge in [0.1, 0.15) is 5.52 Å². The van der Waals surface area contributed by atoms with Crippen molar-refractivity contribution < 1.29 is 9.53 Å². The van der Waals surface area contributed by atoms with Gasteiger partial charge in [-0.3, -0.25) is 0 Å². The Hall–Kier alpha value is -4.25. The summed E-state index contributed by atoms with van der Waals surface area (Å²) < 4.78 is 7.22. The lowest BCUT2D eigenvalue weighted by Gasteiger charge is -2.12. The monoisotopic (exact) mass is 419 g/mol. The highest BCUT2D eigenvalue weighted by Gasteiger charge is 2.24. The number of aromatic nitrogens is 3. The smallest absolute Gasteiger partial charge is 0.357 e. The molecule has 2 aromatic heterocycles. The number of carbonyl (C=O) groups is 1. The van der Waals surface area contributed by atoms with Crippen LogP contribution in [0.2, 0.25) is 0 Å². The van der Waals surface area contributed by atoms with Crippen LogP contribution in [0, 0.1) is 0 Å². The van der Waals surface area contributed by atoms with E-state index in [9.17, 15) is 4.79 Å². The molecule has 0 saturated carbocycles. The average molecular weight is 419 g/mol. The maximum Gasteiger partial charge on any atom is 0.357 e. The quantitative estimate of drug-likeness (QED) is 0.331. The summed E-state index contributed by atoms with van der Waals surface area (Å²) in [6, 6.07) is 29.5. The van der Waals surface area contributed by atoms with E-state index in [4.69, 9.17) is 14.8 Å². The normalized spacial score (nSPS) is 10.9. The fraction of sp³-hybridized carbons (Fsp3) is 0.0741. The Morgan fingerprint density at radius 2 is 1.44 bits per heavy atom. The summed E-state index contributed by atoms with van der Waals surface area (Å²) >= 11 is 0. The van der Waals surface area contributed by atoms with Crippen molar-refractivity contribution in [2.75, 3.05) is 6.61 Å². The highest BCUT2D eigenvalue weighted by atomic mass is 16.5. The number of rotatable bonds is 5. The maximum atomic E-state index is 13.0. The molecule has 3 aromatic carbocycles. The number of pyridine rings is 1. The van der Waals surface area contributed by atoms with Crippen LogP contribution in [0.1, 0.15) is 17.4 Å². The van der Waals surface area contributed by atoms with Crippen LogP contribution in [0.15, 0.2) is 97.2 Å². The molecule has 32 heavy (non-hydrogen) atoms. The summed E-state index contributed by atoms with van der Waals surface area (Å²) in [6.07, 6.45) is 1.97. The van der Waals surface area contributed by atoms with Crippen LogP contribution in [0.4, 0.5) is 0 Å². The first-order chi connectivity index (χ1) is 15.8. The predicted molar refractivity (Wildman–Crippen MR) is 126 cm³/mol. The first kappa shape index (κ1) is 19.7. The fourth-order valence-corrected chi connectivity index (χ4v) is 3.83. The van der Waals surface area contributed by atoms with E-state index in [0.29, 0.717) is 16.8 Å². The van der Waals surface area contributed by atoms with Gasteiger partial charge in [-0.2, -0.15) is 5.10 Å². The lowest BCUT2D eigenvalue weighted by atomic mass is 9.98. The van der Waals surface area contributed by atoms with Crippen LogP contribution in [0.25, 0.3) is 39.0 Å². The molecular formula is C27H21N3O2. The topological polar surface area (TPSA) is 57.0 Å². The standard InChI is InChI=1S/C27H21N3O2/c1-2-32-27(31)26-23(19-12-6-3-7-13-19)25-22(24(28-26)20-14-8-4-9-15-20)18-30(29-25)21-16-10-5-11-17-21/h3-18H,2H2,1H3. The van der Waals surface area contributed by atoms with Crippen molar-refractivity contribution in [3.63, 3.8) is 0 Å². The molecule has 0 unspecified atom stereocenters. The third-order valence-corrected chi connectivity index (χ3v) is 5.27. The van der Waals surface area contributed by atoms with E-state index in [0.717, 1.165) is 22.2 Å². The summed E-state index contributed by atoms with van der Waals surface area (Å²) in [5.41, 5.74) is 5.05. The summed E-state index contributed by atoms with van der Waals surface area (Å²) in [6.45, 7) is 2.06. The van der Waals surface area contributed by atoms with E-state index < -0.39 is 5.97 Å². The minimum absolute atomic E-state index is 0.266. The molecule has 0 N–H and O–H groups in total. The van der Waals surface area contributed by atoms with E-state index in [-0.39, 0.29) is 12.3 Å². The molecular weight excluding hydrogens is 398 g/mol. The van der Waals surface area contributed by atoms with E-state index in [2.05, 4.69) is 0 Å². The number of nitrogens with zero attached hydrogens (tertiary/aromatic N) is 3. The van der Waals surface area contributed by atoms with Crippen LogP contribution < -0.4 is 0 Å². The van der Waals surface area contributed by atoms with Crippen molar-refractivity contribution in [3.8, 4) is 28.1 Å². The zero-order valence-electron chi connectivity index (χ0n) is 17.6. The fourth-order valence-electron chi connectivity index (χ4n) is 3.83. The Labute approximate surface area is 185 Å². The third-order valence-electron chi connectivity index (χ3n) is 5.27. The average Bonchev–Trinajstić information content (AvgIpc) is 3.30. The molecule has 0 amide bonds. The predicted octanol–water partition coefficient (Wildman–Crippen LogP) is 5.93. The van der Waals surface area contributed by atoms with Crippen molar-refractivity contribution in [1.29, 1.82) is 0 Å². The number of hydrogen-bond acceptors (Lipinski definition) is 4. The molecule has 5 aromatic rings. The minimum atomic E-state index is -0.459. The molecule has 5 rings (SSSR count). The number of fused-ring (bicyclic) bond motifs is 1. The second kappa shape index (κ2) is 8.47.